The molecule has 124 valence electrons. The second-order valence-corrected chi connectivity index (χ2v) is 5.99. The fourth-order valence-electron chi connectivity index (χ4n) is 2.78. The van der Waals surface area contributed by atoms with E-state index in [4.69, 9.17) is 17.3 Å². The minimum atomic E-state index is 0.723. The molecule has 3 rings (SSSR count). The average Bonchev–Trinajstić information content (AvgIpc) is 2.77. The minimum Gasteiger partial charge on any atom is -0.380 e. The minimum absolute atomic E-state index is 0.723. The summed E-state index contributed by atoms with van der Waals surface area (Å²) in [5.74, 6) is 0. The third-order valence-electron chi connectivity index (χ3n) is 3.98. The van der Waals surface area contributed by atoms with Crippen LogP contribution in [0.25, 0.3) is 0 Å². The van der Waals surface area contributed by atoms with E-state index in [9.17, 15) is 0 Å². The van der Waals surface area contributed by atoms with Gasteiger partial charge in [-0.15, -0.1) is 0 Å². The van der Waals surface area contributed by atoms with Crippen molar-refractivity contribution in [3.63, 3.8) is 0 Å². The smallest absolute Gasteiger partial charge is 0.281 e. The van der Waals surface area contributed by atoms with Crippen LogP contribution in [0, 0.1) is 0 Å². The molecular weight excluding hydrogens is 322 g/mol. The number of nitrogens with one attached hydrogen (secondary N) is 3. The first-order valence-corrected chi connectivity index (χ1v) is 8.35. The van der Waals surface area contributed by atoms with E-state index in [0.29, 0.717) is 0 Å². The number of anilines is 3. The van der Waals surface area contributed by atoms with E-state index in [1.165, 1.54) is 23.2 Å². The fourth-order valence-corrected chi connectivity index (χ4v) is 3.03. The highest BCUT2D eigenvalue weighted by molar-refractivity contribution is 6.33. The quantitative estimate of drug-likeness (QED) is 0.379. The molecule has 0 aliphatic carbocycles. The van der Waals surface area contributed by atoms with Crippen molar-refractivity contribution in [2.24, 2.45) is 10.7 Å². The molecule has 24 heavy (non-hydrogen) atoms. The van der Waals surface area contributed by atoms with Gasteiger partial charge in [-0.2, -0.15) is 0 Å². The van der Waals surface area contributed by atoms with Crippen LogP contribution >= 0.6 is 11.6 Å². The molecule has 0 saturated carbocycles. The van der Waals surface area contributed by atoms with Gasteiger partial charge in [-0.1, -0.05) is 29.8 Å². The number of aliphatic imine (C=N–C) groups is 1. The number of fused-ring (bicyclic) bond motifs is 2. The molecule has 5 nitrogen and oxygen atoms in total. The molecule has 1 heterocycles. The van der Waals surface area contributed by atoms with Gasteiger partial charge >= 0.3 is 0 Å². The van der Waals surface area contributed by atoms with E-state index in [-0.39, 0.29) is 0 Å². The predicted octanol–water partition coefficient (Wildman–Crippen LogP) is 1.69. The molecule has 1 aliphatic rings. The predicted molar refractivity (Wildman–Crippen MR) is 102 cm³/mol. The standard InChI is InChI=1S/C18H20ClN5/c19-15-9-14-6-5-13-3-1-2-4-16(13)24-17(14)10-18(15)23-8-7-21-12-22-11-20/h1-4,9-12,23-24H,5-8H2,(H2,20,21,22)/p+1. The molecule has 0 amide bonds. The summed E-state index contributed by atoms with van der Waals surface area (Å²) in [5.41, 5.74) is 10.9. The Morgan fingerprint density at radius 2 is 2.04 bits per heavy atom. The summed E-state index contributed by atoms with van der Waals surface area (Å²) < 4.78 is 0. The van der Waals surface area contributed by atoms with Gasteiger partial charge in [0.15, 0.2) is 0 Å². The summed E-state index contributed by atoms with van der Waals surface area (Å²) >= 11 is 6.43. The molecular formula is C18H21ClN5+. The number of benzene rings is 2. The molecule has 0 aromatic heterocycles. The monoisotopic (exact) mass is 342 g/mol. The SMILES string of the molecule is NC=NC=[NH+]CCNc1cc2c(cc1Cl)CCc1ccccc1N2. The summed E-state index contributed by atoms with van der Waals surface area (Å²) in [5, 5.41) is 7.62. The highest BCUT2D eigenvalue weighted by Gasteiger charge is 2.14. The third-order valence-corrected chi connectivity index (χ3v) is 4.29. The number of hydrogen-bond acceptors (Lipinski definition) is 2. The van der Waals surface area contributed by atoms with Gasteiger partial charge in [0.25, 0.3) is 6.34 Å². The lowest BCUT2D eigenvalue weighted by Crippen LogP contribution is -2.70. The zero-order valence-corrected chi connectivity index (χ0v) is 14.1. The summed E-state index contributed by atoms with van der Waals surface area (Å²) in [6.45, 7) is 1.45. The molecule has 2 aromatic carbocycles. The Bertz CT molecular complexity index is 770. The second-order valence-electron chi connectivity index (χ2n) is 5.58. The van der Waals surface area contributed by atoms with Gasteiger partial charge in [-0.05, 0) is 47.2 Å². The summed E-state index contributed by atoms with van der Waals surface area (Å²) in [4.78, 5) is 6.81. The molecule has 0 unspecified atom stereocenters. The Hall–Kier alpha value is -2.53. The van der Waals surface area contributed by atoms with E-state index in [0.717, 1.165) is 42.3 Å². The van der Waals surface area contributed by atoms with Gasteiger partial charge in [0, 0.05) is 11.4 Å². The second kappa shape index (κ2) is 7.84. The zero-order chi connectivity index (χ0) is 16.8. The van der Waals surface area contributed by atoms with Gasteiger partial charge in [0.1, 0.15) is 0 Å². The molecule has 0 atom stereocenters. The maximum atomic E-state index is 6.43. The fraction of sp³-hybridized carbons (Fsp3) is 0.222. The first kappa shape index (κ1) is 16.3. The van der Waals surface area contributed by atoms with Crippen molar-refractivity contribution in [3.8, 4) is 0 Å². The van der Waals surface area contributed by atoms with Crippen LogP contribution in [-0.4, -0.2) is 25.8 Å². The number of nitrogens with two attached hydrogens (primary N) is 1. The van der Waals surface area contributed by atoms with Crippen molar-refractivity contribution < 1.29 is 4.99 Å². The van der Waals surface area contributed by atoms with E-state index in [1.807, 2.05) is 0 Å². The van der Waals surface area contributed by atoms with Crippen LogP contribution in [0.15, 0.2) is 41.4 Å². The first-order valence-electron chi connectivity index (χ1n) is 7.97. The largest absolute Gasteiger partial charge is 0.380 e. The van der Waals surface area contributed by atoms with Crippen molar-refractivity contribution >= 4 is 41.3 Å². The van der Waals surface area contributed by atoms with Crippen molar-refractivity contribution in [2.45, 2.75) is 12.8 Å². The van der Waals surface area contributed by atoms with Crippen LogP contribution in [0.1, 0.15) is 11.1 Å². The van der Waals surface area contributed by atoms with Crippen LogP contribution < -0.4 is 21.4 Å². The molecule has 0 bridgehead atoms. The van der Waals surface area contributed by atoms with Crippen molar-refractivity contribution in [3.05, 3.63) is 52.5 Å². The summed E-state index contributed by atoms with van der Waals surface area (Å²) in [6.07, 6.45) is 4.81. The number of nitrogens with zero attached hydrogens (tertiary/aromatic N) is 1. The van der Waals surface area contributed by atoms with Crippen LogP contribution in [-0.2, 0) is 12.8 Å². The lowest BCUT2D eigenvalue weighted by molar-refractivity contribution is -0.448. The van der Waals surface area contributed by atoms with E-state index < -0.39 is 0 Å². The van der Waals surface area contributed by atoms with Crippen LogP contribution in [0.2, 0.25) is 5.02 Å². The number of para-hydroxylation sites is 1. The highest BCUT2D eigenvalue weighted by atomic mass is 35.5. The normalized spacial score (nSPS) is 13.4. The van der Waals surface area contributed by atoms with Gasteiger partial charge in [-0.3, -0.25) is 4.99 Å². The highest BCUT2D eigenvalue weighted by Crippen LogP contribution is 2.35. The Labute approximate surface area is 146 Å². The first-order chi connectivity index (χ1) is 11.8. The Morgan fingerprint density at radius 3 is 2.92 bits per heavy atom. The van der Waals surface area contributed by atoms with Crippen molar-refractivity contribution in [1.82, 2.24) is 0 Å². The number of halogens is 1. The molecule has 2 aromatic rings. The molecule has 0 saturated heterocycles. The molecule has 6 heteroatoms. The average molecular weight is 343 g/mol. The molecule has 0 radical (unpaired) electrons. The lowest BCUT2D eigenvalue weighted by atomic mass is 10.0. The van der Waals surface area contributed by atoms with Crippen molar-refractivity contribution in [1.29, 1.82) is 0 Å². The Kier molecular flexibility index (Phi) is 5.33. The maximum absolute atomic E-state index is 6.43. The number of rotatable bonds is 5. The van der Waals surface area contributed by atoms with Crippen molar-refractivity contribution in [2.75, 3.05) is 23.7 Å². The topological polar surface area (TPSA) is 76.4 Å². The molecule has 0 fully saturated rings. The van der Waals surface area contributed by atoms with Crippen LogP contribution in [0.3, 0.4) is 0 Å². The summed E-state index contributed by atoms with van der Waals surface area (Å²) in [6, 6.07) is 12.6. The van der Waals surface area contributed by atoms with Gasteiger partial charge in [0.2, 0.25) is 6.34 Å². The van der Waals surface area contributed by atoms with Gasteiger partial charge in [-0.25, -0.2) is 0 Å². The Morgan fingerprint density at radius 1 is 1.21 bits per heavy atom. The molecule has 1 aliphatic heterocycles. The number of hydrogen-bond donors (Lipinski definition) is 4. The third kappa shape index (κ3) is 3.86. The van der Waals surface area contributed by atoms with Gasteiger partial charge < -0.3 is 16.4 Å². The van der Waals surface area contributed by atoms with Crippen LogP contribution in [0.5, 0.6) is 0 Å². The Balaban J connectivity index is 1.73. The lowest BCUT2D eigenvalue weighted by Gasteiger charge is -2.14. The number of aryl methyl sites for hydroxylation is 2. The van der Waals surface area contributed by atoms with Gasteiger partial charge in [0.05, 0.1) is 23.8 Å². The zero-order valence-electron chi connectivity index (χ0n) is 13.3. The molecule has 0 spiro atoms. The van der Waals surface area contributed by atoms with E-state index in [1.54, 1.807) is 6.34 Å². The van der Waals surface area contributed by atoms with E-state index >= 15 is 0 Å². The van der Waals surface area contributed by atoms with E-state index in [2.05, 4.69) is 57.0 Å². The van der Waals surface area contributed by atoms with Crippen LogP contribution in [0.4, 0.5) is 17.1 Å². The maximum Gasteiger partial charge on any atom is 0.281 e. The molecule has 5 N–H and O–H groups in total. The summed E-state index contributed by atoms with van der Waals surface area (Å²) in [7, 11) is 0.